The van der Waals surface area contributed by atoms with Gasteiger partial charge >= 0.3 is 0 Å². The van der Waals surface area contributed by atoms with E-state index in [0.717, 1.165) is 23.4 Å². The molecule has 0 unspecified atom stereocenters. The fourth-order valence-corrected chi connectivity index (χ4v) is 1.29. The highest BCUT2D eigenvalue weighted by Gasteiger charge is 1.95. The Morgan fingerprint density at radius 2 is 2.23 bits per heavy atom. The van der Waals surface area contributed by atoms with Crippen molar-refractivity contribution in [3.8, 4) is 0 Å². The van der Waals surface area contributed by atoms with Crippen LogP contribution in [0.4, 0.5) is 5.69 Å². The van der Waals surface area contributed by atoms with Crippen LogP contribution in [0.3, 0.4) is 0 Å². The summed E-state index contributed by atoms with van der Waals surface area (Å²) in [5.41, 5.74) is 8.98. The second-order valence-corrected chi connectivity index (χ2v) is 3.42. The Hall–Kier alpha value is -0.890. The summed E-state index contributed by atoms with van der Waals surface area (Å²) in [5.74, 6) is 0.887. The summed E-state index contributed by atoms with van der Waals surface area (Å²) < 4.78 is 0. The molecule has 0 aromatic heterocycles. The Labute approximate surface area is 85.1 Å². The smallest absolute Gasteiger partial charge is 0.0349 e. The van der Waals surface area contributed by atoms with Gasteiger partial charge in [-0.05, 0) is 36.3 Å². The summed E-state index contributed by atoms with van der Waals surface area (Å²) in [6.07, 6.45) is 5.22. The molecular weight excluding hydrogens is 178 g/mol. The standard InChI is InChI=1S/C11H15NS/c1-9-10(5-2-3-8-13)6-4-7-11(9)12/h2,4-7,13H,3,8,12H2,1H3. The summed E-state index contributed by atoms with van der Waals surface area (Å²) in [4.78, 5) is 0. The van der Waals surface area contributed by atoms with Gasteiger partial charge in [-0.3, -0.25) is 0 Å². The first-order valence-electron chi connectivity index (χ1n) is 4.38. The first kappa shape index (κ1) is 10.2. The van der Waals surface area contributed by atoms with Crippen molar-refractivity contribution < 1.29 is 0 Å². The number of thiol groups is 1. The molecule has 0 atom stereocenters. The van der Waals surface area contributed by atoms with E-state index in [2.05, 4.69) is 30.8 Å². The summed E-state index contributed by atoms with van der Waals surface area (Å²) in [6.45, 7) is 2.04. The monoisotopic (exact) mass is 193 g/mol. The predicted molar refractivity (Wildman–Crippen MR) is 63.1 cm³/mol. The maximum atomic E-state index is 5.78. The molecule has 1 nitrogen and oxygen atoms in total. The fourth-order valence-electron chi connectivity index (χ4n) is 1.14. The Morgan fingerprint density at radius 3 is 2.92 bits per heavy atom. The van der Waals surface area contributed by atoms with Crippen molar-refractivity contribution in [3.05, 3.63) is 35.4 Å². The normalized spacial score (nSPS) is 10.9. The van der Waals surface area contributed by atoms with E-state index in [1.165, 1.54) is 5.56 Å². The third-order valence-corrected chi connectivity index (χ3v) is 2.27. The lowest BCUT2D eigenvalue weighted by molar-refractivity contribution is 1.26. The van der Waals surface area contributed by atoms with Gasteiger partial charge in [0.1, 0.15) is 0 Å². The third kappa shape index (κ3) is 2.81. The highest BCUT2D eigenvalue weighted by Crippen LogP contribution is 2.16. The molecule has 0 spiro atoms. The summed E-state index contributed by atoms with van der Waals surface area (Å²) in [7, 11) is 0. The van der Waals surface area contributed by atoms with Gasteiger partial charge in [0, 0.05) is 5.69 Å². The molecule has 0 amide bonds. The number of nitrogens with two attached hydrogens (primary N) is 1. The zero-order valence-corrected chi connectivity index (χ0v) is 8.72. The van der Waals surface area contributed by atoms with Gasteiger partial charge in [-0.15, -0.1) is 0 Å². The van der Waals surface area contributed by atoms with Crippen LogP contribution in [0.5, 0.6) is 0 Å². The molecule has 0 aliphatic rings. The minimum Gasteiger partial charge on any atom is -0.398 e. The molecular formula is C11H15NS. The van der Waals surface area contributed by atoms with Crippen LogP contribution < -0.4 is 5.73 Å². The second kappa shape index (κ2) is 4.97. The highest BCUT2D eigenvalue weighted by atomic mass is 32.1. The van der Waals surface area contributed by atoms with Crippen LogP contribution in [-0.2, 0) is 0 Å². The molecule has 1 rings (SSSR count). The van der Waals surface area contributed by atoms with Crippen LogP contribution in [0.2, 0.25) is 0 Å². The van der Waals surface area contributed by atoms with Crippen LogP contribution in [0.1, 0.15) is 17.5 Å². The number of nitrogen functional groups attached to an aromatic ring is 1. The zero-order chi connectivity index (χ0) is 9.68. The average Bonchev–Trinajstić information content (AvgIpc) is 2.13. The van der Waals surface area contributed by atoms with Crippen LogP contribution >= 0.6 is 12.6 Å². The van der Waals surface area contributed by atoms with E-state index in [4.69, 9.17) is 5.73 Å². The molecule has 0 radical (unpaired) electrons. The summed E-state index contributed by atoms with van der Waals surface area (Å²) in [6, 6.07) is 5.97. The fraction of sp³-hybridized carbons (Fsp3) is 0.273. The molecule has 13 heavy (non-hydrogen) atoms. The number of anilines is 1. The maximum absolute atomic E-state index is 5.78. The van der Waals surface area contributed by atoms with Crippen LogP contribution in [-0.4, -0.2) is 5.75 Å². The van der Waals surface area contributed by atoms with Gasteiger partial charge in [-0.25, -0.2) is 0 Å². The van der Waals surface area contributed by atoms with Crippen molar-refractivity contribution in [2.75, 3.05) is 11.5 Å². The minimum atomic E-state index is 0.855. The Bertz CT molecular complexity index is 305. The highest BCUT2D eigenvalue weighted by molar-refractivity contribution is 7.80. The van der Waals surface area contributed by atoms with Crippen molar-refractivity contribution >= 4 is 24.4 Å². The molecule has 0 aliphatic heterocycles. The lowest BCUT2D eigenvalue weighted by Gasteiger charge is -2.02. The molecule has 0 bridgehead atoms. The molecule has 0 saturated heterocycles. The molecule has 1 aromatic carbocycles. The Balaban J connectivity index is 2.83. The predicted octanol–water partition coefficient (Wildman–Crippen LogP) is 2.91. The number of allylic oxidation sites excluding steroid dienone is 1. The van der Waals surface area contributed by atoms with Crippen molar-refractivity contribution in [1.29, 1.82) is 0 Å². The van der Waals surface area contributed by atoms with E-state index < -0.39 is 0 Å². The number of rotatable bonds is 3. The van der Waals surface area contributed by atoms with E-state index in [-0.39, 0.29) is 0 Å². The number of benzene rings is 1. The second-order valence-electron chi connectivity index (χ2n) is 2.98. The van der Waals surface area contributed by atoms with Gasteiger partial charge in [0.2, 0.25) is 0 Å². The first-order chi connectivity index (χ1) is 6.25. The van der Waals surface area contributed by atoms with Gasteiger partial charge in [0.05, 0.1) is 0 Å². The summed E-state index contributed by atoms with van der Waals surface area (Å²) in [5, 5.41) is 0. The molecule has 1 aromatic rings. The summed E-state index contributed by atoms with van der Waals surface area (Å²) >= 11 is 4.14. The lowest BCUT2D eigenvalue weighted by Crippen LogP contribution is -1.90. The largest absolute Gasteiger partial charge is 0.398 e. The van der Waals surface area contributed by atoms with Crippen molar-refractivity contribution in [2.45, 2.75) is 13.3 Å². The van der Waals surface area contributed by atoms with Gasteiger partial charge in [0.25, 0.3) is 0 Å². The lowest BCUT2D eigenvalue weighted by atomic mass is 10.1. The zero-order valence-electron chi connectivity index (χ0n) is 7.83. The van der Waals surface area contributed by atoms with Gasteiger partial charge in [-0.1, -0.05) is 24.3 Å². The van der Waals surface area contributed by atoms with Crippen molar-refractivity contribution in [2.24, 2.45) is 0 Å². The number of hydrogen-bond donors (Lipinski definition) is 2. The maximum Gasteiger partial charge on any atom is 0.0349 e. The van der Waals surface area contributed by atoms with Crippen molar-refractivity contribution in [3.63, 3.8) is 0 Å². The van der Waals surface area contributed by atoms with E-state index in [9.17, 15) is 0 Å². The Kier molecular flexibility index (Phi) is 3.90. The van der Waals surface area contributed by atoms with Gasteiger partial charge < -0.3 is 5.73 Å². The van der Waals surface area contributed by atoms with Crippen LogP contribution in [0.15, 0.2) is 24.3 Å². The molecule has 0 saturated carbocycles. The molecule has 0 heterocycles. The Morgan fingerprint density at radius 1 is 1.46 bits per heavy atom. The molecule has 2 heteroatoms. The minimum absolute atomic E-state index is 0.855. The number of hydrogen-bond acceptors (Lipinski definition) is 2. The van der Waals surface area contributed by atoms with E-state index in [0.29, 0.717) is 0 Å². The average molecular weight is 193 g/mol. The molecule has 0 aliphatic carbocycles. The quantitative estimate of drug-likeness (QED) is 0.560. The van der Waals surface area contributed by atoms with Gasteiger partial charge in [-0.2, -0.15) is 12.6 Å². The van der Waals surface area contributed by atoms with E-state index in [1.54, 1.807) is 0 Å². The van der Waals surface area contributed by atoms with E-state index >= 15 is 0 Å². The van der Waals surface area contributed by atoms with Gasteiger partial charge in [0.15, 0.2) is 0 Å². The van der Waals surface area contributed by atoms with Crippen molar-refractivity contribution in [1.82, 2.24) is 0 Å². The third-order valence-electron chi connectivity index (χ3n) is 2.01. The van der Waals surface area contributed by atoms with Crippen LogP contribution in [0, 0.1) is 6.92 Å². The SMILES string of the molecule is Cc1c(N)cccc1C=CCCS. The first-order valence-corrected chi connectivity index (χ1v) is 5.01. The van der Waals surface area contributed by atoms with Crippen LogP contribution in [0.25, 0.3) is 6.08 Å². The topological polar surface area (TPSA) is 26.0 Å². The molecule has 0 fully saturated rings. The van der Waals surface area contributed by atoms with E-state index in [1.807, 2.05) is 19.1 Å². The molecule has 2 N–H and O–H groups in total. The molecule has 70 valence electrons.